The number of aromatic nitrogens is 2. The van der Waals surface area contributed by atoms with Crippen molar-refractivity contribution in [2.24, 2.45) is 5.14 Å². The molecule has 2 aromatic heterocycles. The summed E-state index contributed by atoms with van der Waals surface area (Å²) >= 11 is 3.51. The molecule has 30 heavy (non-hydrogen) atoms. The quantitative estimate of drug-likeness (QED) is 0.454. The minimum atomic E-state index is -3.92. The van der Waals surface area contributed by atoms with Crippen LogP contribution in [0.15, 0.2) is 58.0 Å². The average Bonchev–Trinajstić information content (AvgIpc) is 3.08. The van der Waals surface area contributed by atoms with E-state index in [1.54, 1.807) is 23.1 Å². The second kappa shape index (κ2) is 6.90. The van der Waals surface area contributed by atoms with Crippen molar-refractivity contribution in [2.75, 3.05) is 6.54 Å². The van der Waals surface area contributed by atoms with Gasteiger partial charge in [-0.3, -0.25) is 9.78 Å². The summed E-state index contributed by atoms with van der Waals surface area (Å²) in [5.41, 5.74) is 3.49. The first kappa shape index (κ1) is 19.2. The Morgan fingerprint density at radius 1 is 1.13 bits per heavy atom. The molecule has 4 aromatic rings. The van der Waals surface area contributed by atoms with Crippen LogP contribution in [-0.2, 0) is 23.0 Å². The van der Waals surface area contributed by atoms with E-state index in [-0.39, 0.29) is 16.5 Å². The Kier molecular flexibility index (Phi) is 4.42. The van der Waals surface area contributed by atoms with Crippen LogP contribution in [-0.4, -0.2) is 35.7 Å². The molecular formula is C21H17BrN4O3S. The molecule has 0 unspecified atom stereocenters. The second-order valence-corrected chi connectivity index (χ2v) is 9.75. The SMILES string of the molecule is NS(=O)(=O)c1cccc2c(C(=O)N3CCc4c([nH]c5ccc(Br)cc45)C3)nccc12. The van der Waals surface area contributed by atoms with Crippen LogP contribution in [0.3, 0.4) is 0 Å². The van der Waals surface area contributed by atoms with Crippen molar-refractivity contribution in [1.82, 2.24) is 14.9 Å². The minimum absolute atomic E-state index is 0.0152. The number of halogens is 1. The van der Waals surface area contributed by atoms with E-state index in [2.05, 4.69) is 32.0 Å². The molecule has 0 bridgehead atoms. The number of hydrogen-bond donors (Lipinski definition) is 2. The van der Waals surface area contributed by atoms with Crippen LogP contribution < -0.4 is 5.14 Å². The molecule has 0 aliphatic carbocycles. The summed E-state index contributed by atoms with van der Waals surface area (Å²) in [4.78, 5) is 22.7. The third-order valence-electron chi connectivity index (χ3n) is 5.50. The smallest absolute Gasteiger partial charge is 0.273 e. The molecule has 1 aliphatic rings. The second-order valence-electron chi connectivity index (χ2n) is 7.30. The zero-order chi connectivity index (χ0) is 21.0. The molecule has 2 aromatic carbocycles. The molecule has 3 heterocycles. The van der Waals surface area contributed by atoms with Crippen LogP contribution >= 0.6 is 15.9 Å². The Hall–Kier alpha value is -2.75. The van der Waals surface area contributed by atoms with Gasteiger partial charge in [0.1, 0.15) is 5.69 Å². The van der Waals surface area contributed by atoms with Crippen molar-refractivity contribution >= 4 is 53.5 Å². The maximum absolute atomic E-state index is 13.3. The van der Waals surface area contributed by atoms with Gasteiger partial charge in [0.2, 0.25) is 10.0 Å². The summed E-state index contributed by atoms with van der Waals surface area (Å²) in [6, 6.07) is 12.4. The van der Waals surface area contributed by atoms with Gasteiger partial charge < -0.3 is 9.88 Å². The van der Waals surface area contributed by atoms with Gasteiger partial charge >= 0.3 is 0 Å². The van der Waals surface area contributed by atoms with E-state index in [1.165, 1.54) is 17.8 Å². The summed E-state index contributed by atoms with van der Waals surface area (Å²) in [6.07, 6.45) is 2.17. The van der Waals surface area contributed by atoms with Crippen LogP contribution in [0.25, 0.3) is 21.7 Å². The van der Waals surface area contributed by atoms with Gasteiger partial charge in [-0.05, 0) is 42.3 Å². The van der Waals surface area contributed by atoms with E-state index in [1.807, 2.05) is 12.1 Å². The Morgan fingerprint density at radius 3 is 2.77 bits per heavy atom. The number of pyridine rings is 1. The van der Waals surface area contributed by atoms with Crippen LogP contribution in [0.4, 0.5) is 0 Å². The van der Waals surface area contributed by atoms with Gasteiger partial charge in [0.05, 0.1) is 11.4 Å². The number of carbonyl (C=O) groups excluding carboxylic acids is 1. The maximum Gasteiger partial charge on any atom is 0.273 e. The highest BCUT2D eigenvalue weighted by molar-refractivity contribution is 9.10. The first-order valence-electron chi connectivity index (χ1n) is 9.32. The number of benzene rings is 2. The zero-order valence-corrected chi connectivity index (χ0v) is 18.1. The summed E-state index contributed by atoms with van der Waals surface area (Å²) in [5, 5.41) is 7.37. The van der Waals surface area contributed by atoms with Crippen molar-refractivity contribution in [2.45, 2.75) is 17.9 Å². The Labute approximate surface area is 181 Å². The number of amides is 1. The van der Waals surface area contributed by atoms with Gasteiger partial charge in [-0.25, -0.2) is 13.6 Å². The van der Waals surface area contributed by atoms with Gasteiger partial charge in [0, 0.05) is 44.6 Å². The highest BCUT2D eigenvalue weighted by Crippen LogP contribution is 2.31. The van der Waals surface area contributed by atoms with Crippen LogP contribution in [0.5, 0.6) is 0 Å². The largest absolute Gasteiger partial charge is 0.357 e. The number of fused-ring (bicyclic) bond motifs is 4. The molecule has 0 fully saturated rings. The third kappa shape index (κ3) is 3.10. The number of rotatable bonds is 2. The molecule has 0 saturated carbocycles. The standard InChI is InChI=1S/C21H17BrN4O3S/c22-12-4-5-17-16(10-12)13-7-9-26(11-18(13)25-17)21(27)20-15-2-1-3-19(30(23,28)29)14(15)6-8-24-20/h1-6,8,10,25H,7,9,11H2,(H2,23,28,29). The highest BCUT2D eigenvalue weighted by Gasteiger charge is 2.27. The fourth-order valence-corrected chi connectivity index (χ4v) is 5.25. The molecule has 1 amide bonds. The van der Waals surface area contributed by atoms with Gasteiger partial charge in [0.25, 0.3) is 5.91 Å². The number of hydrogen-bond acceptors (Lipinski definition) is 4. The van der Waals surface area contributed by atoms with Crippen molar-refractivity contribution in [3.8, 4) is 0 Å². The number of H-pyrrole nitrogens is 1. The number of nitrogens with two attached hydrogens (primary N) is 1. The van der Waals surface area contributed by atoms with Gasteiger partial charge in [-0.15, -0.1) is 0 Å². The Balaban J connectivity index is 1.55. The number of nitrogens with one attached hydrogen (secondary N) is 1. The molecule has 3 N–H and O–H groups in total. The Morgan fingerprint density at radius 2 is 1.97 bits per heavy atom. The monoisotopic (exact) mass is 484 g/mol. The third-order valence-corrected chi connectivity index (χ3v) is 6.96. The molecule has 1 aliphatic heterocycles. The van der Waals surface area contributed by atoms with E-state index >= 15 is 0 Å². The zero-order valence-electron chi connectivity index (χ0n) is 15.7. The van der Waals surface area contributed by atoms with E-state index in [0.717, 1.165) is 27.5 Å². The van der Waals surface area contributed by atoms with E-state index < -0.39 is 10.0 Å². The Bertz CT molecular complexity index is 1450. The fourth-order valence-electron chi connectivity index (χ4n) is 4.13. The minimum Gasteiger partial charge on any atom is -0.357 e. The molecule has 9 heteroatoms. The van der Waals surface area contributed by atoms with E-state index in [0.29, 0.717) is 23.9 Å². The summed E-state index contributed by atoms with van der Waals surface area (Å²) in [5.74, 6) is -0.238. The number of nitrogens with zero attached hydrogens (tertiary/aromatic N) is 2. The first-order chi connectivity index (χ1) is 14.3. The molecule has 7 nitrogen and oxygen atoms in total. The summed E-state index contributed by atoms with van der Waals surface area (Å²) in [7, 11) is -3.92. The number of carbonyl (C=O) groups is 1. The fraction of sp³-hybridized carbons (Fsp3) is 0.143. The lowest BCUT2D eigenvalue weighted by atomic mass is 10.0. The number of primary sulfonamides is 1. The topological polar surface area (TPSA) is 109 Å². The lowest BCUT2D eigenvalue weighted by molar-refractivity contribution is 0.0729. The summed E-state index contributed by atoms with van der Waals surface area (Å²) in [6.45, 7) is 0.992. The van der Waals surface area contributed by atoms with Crippen LogP contribution in [0.1, 0.15) is 21.7 Å². The van der Waals surface area contributed by atoms with Gasteiger partial charge in [-0.1, -0.05) is 28.1 Å². The highest BCUT2D eigenvalue weighted by atomic mass is 79.9. The molecular weight excluding hydrogens is 468 g/mol. The van der Waals surface area contributed by atoms with Gasteiger partial charge in [-0.2, -0.15) is 0 Å². The van der Waals surface area contributed by atoms with Crippen molar-refractivity contribution in [3.63, 3.8) is 0 Å². The molecule has 152 valence electrons. The molecule has 0 saturated heterocycles. The predicted molar refractivity (Wildman–Crippen MR) is 118 cm³/mol. The lowest BCUT2D eigenvalue weighted by Gasteiger charge is -2.27. The van der Waals surface area contributed by atoms with Gasteiger partial charge in [0.15, 0.2) is 0 Å². The van der Waals surface area contributed by atoms with E-state index in [4.69, 9.17) is 5.14 Å². The van der Waals surface area contributed by atoms with Crippen LogP contribution in [0.2, 0.25) is 0 Å². The predicted octanol–water partition coefficient (Wildman–Crippen LogP) is 3.32. The molecule has 5 rings (SSSR count). The molecule has 0 radical (unpaired) electrons. The van der Waals surface area contributed by atoms with Crippen molar-refractivity contribution in [1.29, 1.82) is 0 Å². The van der Waals surface area contributed by atoms with Crippen LogP contribution in [0, 0.1) is 0 Å². The molecule has 0 atom stereocenters. The number of sulfonamides is 1. The van der Waals surface area contributed by atoms with Crippen molar-refractivity contribution in [3.05, 3.63) is 70.1 Å². The number of aromatic amines is 1. The first-order valence-corrected chi connectivity index (χ1v) is 11.7. The normalized spacial score (nSPS) is 14.3. The molecule has 0 spiro atoms. The van der Waals surface area contributed by atoms with Crippen molar-refractivity contribution < 1.29 is 13.2 Å². The lowest BCUT2D eigenvalue weighted by Crippen LogP contribution is -2.36. The van der Waals surface area contributed by atoms with E-state index in [9.17, 15) is 13.2 Å². The maximum atomic E-state index is 13.3. The average molecular weight is 485 g/mol. The summed E-state index contributed by atoms with van der Waals surface area (Å²) < 4.78 is 24.9.